The molecule has 1 aromatic heterocycles. The molecule has 1 amide bonds. The summed E-state index contributed by atoms with van der Waals surface area (Å²) < 4.78 is 1.66. The Balaban J connectivity index is 2.49. The number of hydrogen-bond donors (Lipinski definition) is 1. The maximum Gasteiger partial charge on any atom is 0.284 e. The molecule has 0 aliphatic carbocycles. The second kappa shape index (κ2) is 3.98. The minimum atomic E-state index is -0.539. The summed E-state index contributed by atoms with van der Waals surface area (Å²) in [5.74, 6) is -0.298. The minimum absolute atomic E-state index is 0.241. The first-order chi connectivity index (χ1) is 7.59. The fraction of sp³-hybridized carbons (Fsp3) is 0.0909. The Hall–Kier alpha value is -1.81. The van der Waals surface area contributed by atoms with Gasteiger partial charge in [0.2, 0.25) is 0 Å². The molecule has 1 aromatic carbocycles. The number of rotatable bonds is 2. The largest absolute Gasteiger partial charge is 0.363 e. The molecule has 0 fully saturated rings. The van der Waals surface area contributed by atoms with Crippen LogP contribution in [0.25, 0.3) is 11.3 Å². The summed E-state index contributed by atoms with van der Waals surface area (Å²) in [5, 5.41) is 0.668. The van der Waals surface area contributed by atoms with Gasteiger partial charge in [0.1, 0.15) is 0 Å². The van der Waals surface area contributed by atoms with Crippen LogP contribution in [-0.4, -0.2) is 15.5 Å². The van der Waals surface area contributed by atoms with E-state index in [2.05, 4.69) is 4.98 Å². The Labute approximate surface area is 97.7 Å². The molecule has 2 N–H and O–H groups in total. The molecule has 0 aliphatic heterocycles. The number of imidazole rings is 1. The van der Waals surface area contributed by atoms with Crippen molar-refractivity contribution in [1.29, 1.82) is 0 Å². The van der Waals surface area contributed by atoms with Crippen molar-refractivity contribution >= 4 is 17.5 Å². The van der Waals surface area contributed by atoms with Crippen LogP contribution in [0.5, 0.6) is 0 Å². The van der Waals surface area contributed by atoms with Gasteiger partial charge >= 0.3 is 0 Å². The van der Waals surface area contributed by atoms with Crippen LogP contribution in [-0.2, 0) is 7.05 Å². The SMILES string of the molecule is Cn1c(-c2ccc(Cl)cc2)cnc1C(N)=O. The van der Waals surface area contributed by atoms with Gasteiger partial charge in [-0.1, -0.05) is 23.7 Å². The first-order valence-electron chi connectivity index (χ1n) is 4.67. The Bertz CT molecular complexity index is 531. The zero-order valence-corrected chi connectivity index (χ0v) is 9.40. The van der Waals surface area contributed by atoms with Gasteiger partial charge in [-0.25, -0.2) is 4.98 Å². The number of carbonyl (C=O) groups excluding carboxylic acids is 1. The number of nitrogens with two attached hydrogens (primary N) is 1. The highest BCUT2D eigenvalue weighted by Crippen LogP contribution is 2.21. The van der Waals surface area contributed by atoms with Crippen LogP contribution >= 0.6 is 11.6 Å². The van der Waals surface area contributed by atoms with E-state index in [0.29, 0.717) is 5.02 Å². The van der Waals surface area contributed by atoms with Gasteiger partial charge < -0.3 is 10.3 Å². The Morgan fingerprint density at radius 2 is 2.00 bits per heavy atom. The molecule has 1 heterocycles. The molecule has 0 aliphatic rings. The molecule has 4 nitrogen and oxygen atoms in total. The standard InChI is InChI=1S/C11H10ClN3O/c1-15-9(6-14-11(15)10(13)16)7-2-4-8(12)5-3-7/h2-6H,1H3,(H2,13,16). The maximum absolute atomic E-state index is 11.0. The second-order valence-electron chi connectivity index (χ2n) is 3.40. The molecular formula is C11H10ClN3O. The van der Waals surface area contributed by atoms with Crippen LogP contribution < -0.4 is 5.73 Å². The molecule has 0 atom stereocenters. The predicted molar refractivity (Wildman–Crippen MR) is 62.2 cm³/mol. The van der Waals surface area contributed by atoms with E-state index < -0.39 is 5.91 Å². The summed E-state index contributed by atoms with van der Waals surface area (Å²) in [6.07, 6.45) is 1.61. The van der Waals surface area contributed by atoms with Crippen molar-refractivity contribution in [1.82, 2.24) is 9.55 Å². The van der Waals surface area contributed by atoms with Gasteiger partial charge in [0.05, 0.1) is 11.9 Å². The highest BCUT2D eigenvalue weighted by atomic mass is 35.5. The monoisotopic (exact) mass is 235 g/mol. The van der Waals surface area contributed by atoms with Gasteiger partial charge in [0.15, 0.2) is 5.82 Å². The fourth-order valence-electron chi connectivity index (χ4n) is 1.53. The quantitative estimate of drug-likeness (QED) is 0.864. The lowest BCUT2D eigenvalue weighted by Gasteiger charge is -2.03. The fourth-order valence-corrected chi connectivity index (χ4v) is 1.65. The molecule has 2 rings (SSSR count). The van der Waals surface area contributed by atoms with Crippen LogP contribution in [0, 0.1) is 0 Å². The van der Waals surface area contributed by atoms with Crippen molar-refractivity contribution in [3.63, 3.8) is 0 Å². The van der Waals surface area contributed by atoms with E-state index in [1.54, 1.807) is 29.9 Å². The van der Waals surface area contributed by atoms with Crippen molar-refractivity contribution < 1.29 is 4.79 Å². The van der Waals surface area contributed by atoms with Gasteiger partial charge in [0.25, 0.3) is 5.91 Å². The summed E-state index contributed by atoms with van der Waals surface area (Å²) in [5.41, 5.74) is 6.95. The van der Waals surface area contributed by atoms with Gasteiger partial charge in [-0.2, -0.15) is 0 Å². The third kappa shape index (κ3) is 1.79. The summed E-state index contributed by atoms with van der Waals surface area (Å²) >= 11 is 5.80. The lowest BCUT2D eigenvalue weighted by Crippen LogP contribution is -2.16. The summed E-state index contributed by atoms with van der Waals surface area (Å²) in [6, 6.07) is 7.30. The van der Waals surface area contributed by atoms with E-state index in [4.69, 9.17) is 17.3 Å². The molecule has 0 saturated heterocycles. The number of amides is 1. The Morgan fingerprint density at radius 1 is 1.38 bits per heavy atom. The van der Waals surface area contributed by atoms with Crippen molar-refractivity contribution in [3.05, 3.63) is 41.3 Å². The van der Waals surface area contributed by atoms with E-state index in [1.807, 2.05) is 12.1 Å². The highest BCUT2D eigenvalue weighted by Gasteiger charge is 2.12. The topological polar surface area (TPSA) is 60.9 Å². The number of aromatic nitrogens is 2. The number of benzene rings is 1. The zero-order chi connectivity index (χ0) is 11.7. The summed E-state index contributed by atoms with van der Waals surface area (Å²) in [4.78, 5) is 15.0. The van der Waals surface area contributed by atoms with E-state index >= 15 is 0 Å². The third-order valence-corrected chi connectivity index (χ3v) is 2.60. The molecule has 5 heteroatoms. The van der Waals surface area contributed by atoms with Crippen molar-refractivity contribution in [3.8, 4) is 11.3 Å². The first kappa shape index (κ1) is 10.7. The molecular weight excluding hydrogens is 226 g/mol. The van der Waals surface area contributed by atoms with E-state index in [1.165, 1.54) is 0 Å². The summed E-state index contributed by atoms with van der Waals surface area (Å²) in [6.45, 7) is 0. The molecule has 2 aromatic rings. The van der Waals surface area contributed by atoms with Crippen molar-refractivity contribution in [2.45, 2.75) is 0 Å². The lowest BCUT2D eigenvalue weighted by molar-refractivity contribution is 0.0987. The van der Waals surface area contributed by atoms with E-state index in [9.17, 15) is 4.79 Å². The Kier molecular flexibility index (Phi) is 2.66. The van der Waals surface area contributed by atoms with Crippen molar-refractivity contribution in [2.75, 3.05) is 0 Å². The molecule has 0 bridgehead atoms. The number of halogens is 1. The normalized spacial score (nSPS) is 10.4. The van der Waals surface area contributed by atoms with E-state index in [-0.39, 0.29) is 5.82 Å². The first-order valence-corrected chi connectivity index (χ1v) is 5.05. The van der Waals surface area contributed by atoms with Crippen LogP contribution in [0.3, 0.4) is 0 Å². The van der Waals surface area contributed by atoms with Gasteiger partial charge in [-0.05, 0) is 17.7 Å². The number of carbonyl (C=O) groups is 1. The zero-order valence-electron chi connectivity index (χ0n) is 8.64. The van der Waals surface area contributed by atoms with Crippen LogP contribution in [0.2, 0.25) is 5.02 Å². The number of nitrogens with zero attached hydrogens (tertiary/aromatic N) is 2. The predicted octanol–water partition coefficient (Wildman–Crippen LogP) is 1.84. The second-order valence-corrected chi connectivity index (χ2v) is 3.83. The van der Waals surface area contributed by atoms with Crippen LogP contribution in [0.15, 0.2) is 30.5 Å². The molecule has 0 spiro atoms. The smallest absolute Gasteiger partial charge is 0.284 e. The van der Waals surface area contributed by atoms with Gasteiger partial charge in [-0.15, -0.1) is 0 Å². The number of hydrogen-bond acceptors (Lipinski definition) is 2. The van der Waals surface area contributed by atoms with Crippen LogP contribution in [0.4, 0.5) is 0 Å². The highest BCUT2D eigenvalue weighted by molar-refractivity contribution is 6.30. The van der Waals surface area contributed by atoms with Gasteiger partial charge in [-0.3, -0.25) is 4.79 Å². The minimum Gasteiger partial charge on any atom is -0.363 e. The molecule has 16 heavy (non-hydrogen) atoms. The maximum atomic E-state index is 11.0. The lowest BCUT2D eigenvalue weighted by atomic mass is 10.2. The van der Waals surface area contributed by atoms with Gasteiger partial charge in [0, 0.05) is 12.1 Å². The van der Waals surface area contributed by atoms with Crippen molar-refractivity contribution in [2.24, 2.45) is 12.8 Å². The van der Waals surface area contributed by atoms with E-state index in [0.717, 1.165) is 11.3 Å². The molecule has 0 saturated carbocycles. The number of primary amides is 1. The Morgan fingerprint density at radius 3 is 2.50 bits per heavy atom. The third-order valence-electron chi connectivity index (χ3n) is 2.35. The molecule has 0 unspecified atom stereocenters. The average Bonchev–Trinajstić information content (AvgIpc) is 2.61. The molecule has 0 radical (unpaired) electrons. The summed E-state index contributed by atoms with van der Waals surface area (Å²) in [7, 11) is 1.75. The van der Waals surface area contributed by atoms with Crippen LogP contribution in [0.1, 0.15) is 10.6 Å². The average molecular weight is 236 g/mol. The molecule has 82 valence electrons.